The third-order valence-electron chi connectivity index (χ3n) is 4.34. The molecule has 0 aromatic carbocycles. The largest absolute Gasteiger partial charge is 0.0876 e. The molecule has 2 unspecified atom stereocenters. The van der Waals surface area contributed by atoms with Crippen molar-refractivity contribution < 1.29 is 0 Å². The van der Waals surface area contributed by atoms with Gasteiger partial charge in [0, 0.05) is 10.8 Å². The zero-order valence-electron chi connectivity index (χ0n) is 7.55. The second kappa shape index (κ2) is 2.04. The molecule has 0 aromatic heterocycles. The summed E-state index contributed by atoms with van der Waals surface area (Å²) >= 11 is 0. The smallest absolute Gasteiger partial charge is 0.00103 e. The topological polar surface area (TPSA) is 0 Å². The van der Waals surface area contributed by atoms with Crippen molar-refractivity contribution in [1.29, 1.82) is 0 Å². The first-order valence-electron chi connectivity index (χ1n) is 5.22. The van der Waals surface area contributed by atoms with E-state index in [-0.39, 0.29) is 0 Å². The van der Waals surface area contributed by atoms with Crippen molar-refractivity contribution >= 4 is 0 Å². The predicted octanol–water partition coefficient (Wildman–Crippen LogP) is 3.45. The molecular weight excluding hydrogens is 144 g/mol. The fourth-order valence-corrected chi connectivity index (χ4v) is 3.43. The van der Waals surface area contributed by atoms with Gasteiger partial charge in [-0.25, -0.2) is 0 Å². The van der Waals surface area contributed by atoms with E-state index in [1.54, 1.807) is 0 Å². The summed E-state index contributed by atoms with van der Waals surface area (Å²) in [7, 11) is 0. The molecule has 0 nitrogen and oxygen atoms in total. The highest BCUT2D eigenvalue weighted by Crippen LogP contribution is 2.64. The summed E-state index contributed by atoms with van der Waals surface area (Å²) in [6.45, 7) is 0. The Balaban J connectivity index is 2.04. The maximum atomic E-state index is 2.50. The van der Waals surface area contributed by atoms with E-state index in [0.717, 1.165) is 0 Å². The molecule has 0 heterocycles. The Morgan fingerprint density at radius 1 is 0.750 bits per heavy atom. The maximum absolute atomic E-state index is 2.50. The first kappa shape index (κ1) is 6.94. The van der Waals surface area contributed by atoms with Gasteiger partial charge in [-0.15, -0.1) is 0 Å². The lowest BCUT2D eigenvalue weighted by Gasteiger charge is -2.58. The number of hydrogen-bond donors (Lipinski definition) is 0. The normalized spacial score (nSPS) is 49.3. The molecular formula is C12H16. The first-order valence-corrected chi connectivity index (χ1v) is 5.22. The van der Waals surface area contributed by atoms with Crippen molar-refractivity contribution in [1.82, 2.24) is 0 Å². The lowest BCUT2D eigenvalue weighted by atomic mass is 9.45. The molecule has 1 fully saturated rings. The van der Waals surface area contributed by atoms with Crippen LogP contribution in [0, 0.1) is 10.8 Å². The molecule has 3 aliphatic carbocycles. The maximum Gasteiger partial charge on any atom is 0.00103 e. The average Bonchev–Trinajstić information content (AvgIpc) is 2.09. The van der Waals surface area contributed by atoms with E-state index in [4.69, 9.17) is 0 Å². The molecule has 3 aliphatic rings. The van der Waals surface area contributed by atoms with Crippen LogP contribution in [0.5, 0.6) is 0 Å². The molecule has 0 N–H and O–H groups in total. The highest BCUT2D eigenvalue weighted by Gasteiger charge is 2.54. The Bertz CT molecular complexity index is 235. The third kappa shape index (κ3) is 0.608. The van der Waals surface area contributed by atoms with Crippen molar-refractivity contribution in [3.05, 3.63) is 24.3 Å². The summed E-state index contributed by atoms with van der Waals surface area (Å²) in [6.07, 6.45) is 18.2. The Morgan fingerprint density at radius 3 is 1.67 bits per heavy atom. The summed E-state index contributed by atoms with van der Waals surface area (Å²) in [4.78, 5) is 0. The molecule has 0 spiro atoms. The van der Waals surface area contributed by atoms with Crippen LogP contribution in [-0.4, -0.2) is 0 Å². The molecule has 0 aliphatic heterocycles. The predicted molar refractivity (Wildman–Crippen MR) is 50.8 cm³/mol. The minimum Gasteiger partial charge on any atom is -0.0876 e. The SMILES string of the molecule is C1=CCC23C=CC2(C1)CCCC3. The van der Waals surface area contributed by atoms with Crippen LogP contribution < -0.4 is 0 Å². The van der Waals surface area contributed by atoms with Crippen LogP contribution in [0.15, 0.2) is 24.3 Å². The standard InChI is InChI=1S/C12H16/c1-2-6-12-8-4-3-7-11(12,5-1)9-10-12/h1-2,9-10H,3-8H2. The first-order chi connectivity index (χ1) is 5.87. The molecule has 64 valence electrons. The summed E-state index contributed by atoms with van der Waals surface area (Å²) < 4.78 is 0. The Hall–Kier alpha value is -0.520. The van der Waals surface area contributed by atoms with Gasteiger partial charge in [0.25, 0.3) is 0 Å². The van der Waals surface area contributed by atoms with Crippen molar-refractivity contribution in [3.8, 4) is 0 Å². The molecule has 0 amide bonds. The quantitative estimate of drug-likeness (QED) is 0.476. The Labute approximate surface area is 74.4 Å². The van der Waals surface area contributed by atoms with Crippen LogP contribution >= 0.6 is 0 Å². The highest BCUT2D eigenvalue weighted by molar-refractivity contribution is 5.32. The van der Waals surface area contributed by atoms with Gasteiger partial charge in [-0.1, -0.05) is 37.1 Å². The molecule has 0 aromatic rings. The van der Waals surface area contributed by atoms with Gasteiger partial charge in [-0.2, -0.15) is 0 Å². The fourth-order valence-electron chi connectivity index (χ4n) is 3.43. The van der Waals surface area contributed by atoms with Crippen molar-refractivity contribution in [2.24, 2.45) is 10.8 Å². The zero-order chi connectivity index (χ0) is 8.07. The summed E-state index contributed by atoms with van der Waals surface area (Å²) in [5, 5.41) is 0. The lowest BCUT2D eigenvalue weighted by molar-refractivity contribution is 0.0381. The van der Waals surface area contributed by atoms with E-state index in [0.29, 0.717) is 10.8 Å². The van der Waals surface area contributed by atoms with Gasteiger partial charge >= 0.3 is 0 Å². The fraction of sp³-hybridized carbons (Fsp3) is 0.667. The van der Waals surface area contributed by atoms with E-state index in [1.165, 1.54) is 38.5 Å². The molecule has 3 rings (SSSR count). The monoisotopic (exact) mass is 160 g/mol. The second-order valence-corrected chi connectivity index (χ2v) is 4.73. The van der Waals surface area contributed by atoms with Crippen molar-refractivity contribution in [2.75, 3.05) is 0 Å². The van der Waals surface area contributed by atoms with Crippen LogP contribution in [0.4, 0.5) is 0 Å². The molecule has 0 saturated heterocycles. The summed E-state index contributed by atoms with van der Waals surface area (Å²) in [5.74, 6) is 0. The van der Waals surface area contributed by atoms with Gasteiger partial charge in [0.15, 0.2) is 0 Å². The Morgan fingerprint density at radius 2 is 1.25 bits per heavy atom. The minimum atomic E-state index is 0.625. The molecule has 0 bridgehead atoms. The number of allylic oxidation sites excluding steroid dienone is 4. The second-order valence-electron chi connectivity index (χ2n) is 4.73. The van der Waals surface area contributed by atoms with Crippen LogP contribution in [0.3, 0.4) is 0 Å². The van der Waals surface area contributed by atoms with Gasteiger partial charge in [0.2, 0.25) is 0 Å². The van der Waals surface area contributed by atoms with E-state index in [1.807, 2.05) is 0 Å². The van der Waals surface area contributed by atoms with Crippen LogP contribution in [-0.2, 0) is 0 Å². The van der Waals surface area contributed by atoms with Crippen molar-refractivity contribution in [3.63, 3.8) is 0 Å². The number of hydrogen-bond acceptors (Lipinski definition) is 0. The summed E-state index contributed by atoms with van der Waals surface area (Å²) in [6, 6.07) is 0. The molecule has 0 heteroatoms. The summed E-state index contributed by atoms with van der Waals surface area (Å²) in [5.41, 5.74) is 1.25. The van der Waals surface area contributed by atoms with Gasteiger partial charge in [0.05, 0.1) is 0 Å². The van der Waals surface area contributed by atoms with E-state index in [2.05, 4.69) is 24.3 Å². The molecule has 1 saturated carbocycles. The lowest BCUT2D eigenvalue weighted by Crippen LogP contribution is -2.48. The van der Waals surface area contributed by atoms with E-state index >= 15 is 0 Å². The Kier molecular flexibility index (Phi) is 1.18. The third-order valence-corrected chi connectivity index (χ3v) is 4.34. The van der Waals surface area contributed by atoms with Crippen molar-refractivity contribution in [2.45, 2.75) is 38.5 Å². The van der Waals surface area contributed by atoms with E-state index in [9.17, 15) is 0 Å². The minimum absolute atomic E-state index is 0.625. The molecule has 0 radical (unpaired) electrons. The molecule has 2 atom stereocenters. The van der Waals surface area contributed by atoms with Crippen LogP contribution in [0.2, 0.25) is 0 Å². The number of rotatable bonds is 0. The van der Waals surface area contributed by atoms with Gasteiger partial charge in [-0.3, -0.25) is 0 Å². The van der Waals surface area contributed by atoms with Crippen LogP contribution in [0.1, 0.15) is 38.5 Å². The van der Waals surface area contributed by atoms with E-state index < -0.39 is 0 Å². The average molecular weight is 160 g/mol. The van der Waals surface area contributed by atoms with Gasteiger partial charge < -0.3 is 0 Å². The van der Waals surface area contributed by atoms with Gasteiger partial charge in [0.1, 0.15) is 0 Å². The van der Waals surface area contributed by atoms with Gasteiger partial charge in [-0.05, 0) is 25.7 Å². The van der Waals surface area contributed by atoms with Crippen LogP contribution in [0.25, 0.3) is 0 Å². The highest BCUT2D eigenvalue weighted by atomic mass is 14.6. The molecule has 12 heavy (non-hydrogen) atoms. The zero-order valence-corrected chi connectivity index (χ0v) is 7.55.